The summed E-state index contributed by atoms with van der Waals surface area (Å²) in [4.78, 5) is 27.9. The van der Waals surface area contributed by atoms with Gasteiger partial charge in [-0.05, 0) is 55.5 Å². The molecule has 2 amide bonds. The van der Waals surface area contributed by atoms with E-state index in [1.54, 1.807) is 0 Å². The second-order valence-electron chi connectivity index (χ2n) is 9.17. The first-order valence-corrected chi connectivity index (χ1v) is 12.6. The molecule has 0 radical (unpaired) electrons. The highest BCUT2D eigenvalue weighted by Gasteiger charge is 2.22. The molecule has 1 heterocycles. The lowest BCUT2D eigenvalue weighted by Crippen LogP contribution is -2.35. The quantitative estimate of drug-likeness (QED) is 0.409. The summed E-state index contributed by atoms with van der Waals surface area (Å²) in [5, 5.41) is 6.10. The number of nitrogens with zero attached hydrogens (tertiary/aromatic N) is 1. The van der Waals surface area contributed by atoms with Crippen molar-refractivity contribution in [1.82, 2.24) is 5.32 Å². The molecule has 0 aromatic heterocycles. The molecule has 178 valence electrons. The van der Waals surface area contributed by atoms with Gasteiger partial charge in [-0.15, -0.1) is 0 Å². The van der Waals surface area contributed by atoms with Crippen LogP contribution in [0.25, 0.3) is 0 Å². The van der Waals surface area contributed by atoms with Crippen molar-refractivity contribution < 1.29 is 9.59 Å². The van der Waals surface area contributed by atoms with Crippen LogP contribution in [0.3, 0.4) is 0 Å². The van der Waals surface area contributed by atoms with Crippen LogP contribution in [0.1, 0.15) is 87.2 Å². The molecule has 2 aromatic carbocycles. The molecule has 1 atom stereocenters. The third-order valence-corrected chi connectivity index (χ3v) is 6.49. The maximum Gasteiger partial charge on any atom is 0.253 e. The van der Waals surface area contributed by atoms with E-state index < -0.39 is 0 Å². The molecule has 3 rings (SSSR count). The molecule has 5 nitrogen and oxygen atoms in total. The first-order valence-electron chi connectivity index (χ1n) is 12.6. The van der Waals surface area contributed by atoms with Crippen molar-refractivity contribution in [3.8, 4) is 0 Å². The molecule has 0 aliphatic carbocycles. The molecule has 0 saturated carbocycles. The predicted molar refractivity (Wildman–Crippen MR) is 137 cm³/mol. The fourth-order valence-electron chi connectivity index (χ4n) is 4.29. The highest BCUT2D eigenvalue weighted by atomic mass is 16.2. The monoisotopic (exact) mass is 449 g/mol. The van der Waals surface area contributed by atoms with E-state index in [4.69, 9.17) is 0 Å². The molecule has 0 saturated heterocycles. The van der Waals surface area contributed by atoms with Gasteiger partial charge in [0.25, 0.3) is 5.91 Å². The van der Waals surface area contributed by atoms with Crippen molar-refractivity contribution in [2.45, 2.75) is 84.7 Å². The van der Waals surface area contributed by atoms with Gasteiger partial charge in [0, 0.05) is 36.9 Å². The van der Waals surface area contributed by atoms with Crippen molar-refractivity contribution in [2.75, 3.05) is 16.8 Å². The zero-order valence-corrected chi connectivity index (χ0v) is 20.5. The van der Waals surface area contributed by atoms with Gasteiger partial charge < -0.3 is 15.5 Å². The van der Waals surface area contributed by atoms with Gasteiger partial charge in [0.2, 0.25) is 5.91 Å². The number of amides is 2. The Morgan fingerprint density at radius 2 is 1.76 bits per heavy atom. The summed E-state index contributed by atoms with van der Waals surface area (Å²) < 4.78 is 0. The van der Waals surface area contributed by atoms with Crippen LogP contribution < -0.4 is 15.5 Å². The molecule has 1 unspecified atom stereocenters. The van der Waals surface area contributed by atoms with Crippen LogP contribution in [0.4, 0.5) is 11.4 Å². The Bertz CT molecular complexity index is 940. The van der Waals surface area contributed by atoms with Gasteiger partial charge in [0.05, 0.1) is 5.56 Å². The standard InChI is InChI=1S/C28H39N3O2/c1-4-6-7-8-9-14-27(32)30-24-15-16-26(25(19-24)28(33)29-21(3)5-2)31-18-17-22-12-10-11-13-23(22)20-31/h10-13,15-16,19,21H,4-9,14,17-18,20H2,1-3H3,(H,29,33)(H,30,32). The van der Waals surface area contributed by atoms with Crippen molar-refractivity contribution in [3.05, 3.63) is 59.2 Å². The maximum atomic E-state index is 13.2. The van der Waals surface area contributed by atoms with Crippen LogP contribution in [0.2, 0.25) is 0 Å². The van der Waals surface area contributed by atoms with E-state index in [2.05, 4.69) is 53.6 Å². The van der Waals surface area contributed by atoms with Crippen LogP contribution in [-0.4, -0.2) is 24.4 Å². The molecule has 2 N–H and O–H groups in total. The fraction of sp³-hybridized carbons (Fsp3) is 0.500. The summed E-state index contributed by atoms with van der Waals surface area (Å²) in [6.45, 7) is 7.91. The van der Waals surface area contributed by atoms with E-state index >= 15 is 0 Å². The van der Waals surface area contributed by atoms with Crippen molar-refractivity contribution in [3.63, 3.8) is 0 Å². The molecule has 1 aliphatic rings. The predicted octanol–water partition coefficient (Wildman–Crippen LogP) is 6.08. The van der Waals surface area contributed by atoms with Crippen LogP contribution >= 0.6 is 0 Å². The van der Waals surface area contributed by atoms with E-state index in [0.717, 1.165) is 44.5 Å². The number of fused-ring (bicyclic) bond motifs is 1. The van der Waals surface area contributed by atoms with Gasteiger partial charge in [-0.3, -0.25) is 9.59 Å². The highest BCUT2D eigenvalue weighted by Crippen LogP contribution is 2.30. The lowest BCUT2D eigenvalue weighted by Gasteiger charge is -2.32. The lowest BCUT2D eigenvalue weighted by atomic mass is 9.98. The smallest absolute Gasteiger partial charge is 0.253 e. The molecule has 0 bridgehead atoms. The number of unbranched alkanes of at least 4 members (excludes halogenated alkanes) is 4. The minimum absolute atomic E-state index is 0.0134. The Morgan fingerprint density at radius 3 is 2.52 bits per heavy atom. The third kappa shape index (κ3) is 7.08. The Morgan fingerprint density at radius 1 is 1.00 bits per heavy atom. The molecule has 1 aliphatic heterocycles. The summed E-state index contributed by atoms with van der Waals surface area (Å²) >= 11 is 0. The van der Waals surface area contributed by atoms with Gasteiger partial charge >= 0.3 is 0 Å². The van der Waals surface area contributed by atoms with E-state index in [0.29, 0.717) is 17.7 Å². The van der Waals surface area contributed by atoms with Crippen molar-refractivity contribution in [2.24, 2.45) is 0 Å². The minimum Gasteiger partial charge on any atom is -0.366 e. The second-order valence-corrected chi connectivity index (χ2v) is 9.17. The van der Waals surface area contributed by atoms with Crippen LogP contribution in [0.5, 0.6) is 0 Å². The van der Waals surface area contributed by atoms with Gasteiger partial charge in [0.1, 0.15) is 0 Å². The fourth-order valence-corrected chi connectivity index (χ4v) is 4.29. The number of hydrogen-bond donors (Lipinski definition) is 2. The number of hydrogen-bond acceptors (Lipinski definition) is 3. The molecule has 0 fully saturated rings. The van der Waals surface area contributed by atoms with E-state index in [1.165, 1.54) is 30.4 Å². The van der Waals surface area contributed by atoms with Crippen LogP contribution in [0.15, 0.2) is 42.5 Å². The molecule has 0 spiro atoms. The largest absolute Gasteiger partial charge is 0.366 e. The van der Waals surface area contributed by atoms with Crippen LogP contribution in [0, 0.1) is 0 Å². The average molecular weight is 450 g/mol. The normalized spacial score (nSPS) is 13.8. The summed E-state index contributed by atoms with van der Waals surface area (Å²) in [6, 6.07) is 14.3. The van der Waals surface area contributed by atoms with Crippen molar-refractivity contribution in [1.29, 1.82) is 0 Å². The van der Waals surface area contributed by atoms with E-state index in [-0.39, 0.29) is 17.9 Å². The zero-order chi connectivity index (χ0) is 23.6. The minimum atomic E-state index is -0.0890. The lowest BCUT2D eigenvalue weighted by molar-refractivity contribution is -0.116. The number of benzene rings is 2. The molecular formula is C28H39N3O2. The summed E-state index contributed by atoms with van der Waals surface area (Å²) in [5.74, 6) is -0.0756. The third-order valence-electron chi connectivity index (χ3n) is 6.49. The van der Waals surface area contributed by atoms with Gasteiger partial charge in [-0.2, -0.15) is 0 Å². The van der Waals surface area contributed by atoms with Crippen molar-refractivity contribution >= 4 is 23.2 Å². The number of anilines is 2. The Hall–Kier alpha value is -2.82. The Kier molecular flexibility index (Phi) is 9.35. The van der Waals surface area contributed by atoms with Crippen LogP contribution in [-0.2, 0) is 17.8 Å². The molecule has 2 aromatic rings. The molecular weight excluding hydrogens is 410 g/mol. The first-order chi connectivity index (χ1) is 16.0. The maximum absolute atomic E-state index is 13.2. The molecule has 33 heavy (non-hydrogen) atoms. The number of nitrogens with one attached hydrogen (secondary N) is 2. The topological polar surface area (TPSA) is 61.4 Å². The van der Waals surface area contributed by atoms with E-state index in [1.807, 2.05) is 25.1 Å². The van der Waals surface area contributed by atoms with Gasteiger partial charge in [0.15, 0.2) is 0 Å². The van der Waals surface area contributed by atoms with E-state index in [9.17, 15) is 9.59 Å². The second kappa shape index (κ2) is 12.4. The Balaban J connectivity index is 1.76. The number of carbonyl (C=O) groups excluding carboxylic acids is 2. The Labute approximate surface area is 199 Å². The first kappa shape index (κ1) is 24.8. The molecule has 5 heteroatoms. The van der Waals surface area contributed by atoms with Gasteiger partial charge in [-0.1, -0.05) is 63.8 Å². The average Bonchev–Trinajstić information content (AvgIpc) is 2.83. The number of rotatable bonds is 11. The van der Waals surface area contributed by atoms with Gasteiger partial charge in [-0.25, -0.2) is 0 Å². The SMILES string of the molecule is CCCCCCCC(=O)Nc1ccc(N2CCc3ccccc3C2)c(C(=O)NC(C)CC)c1. The highest BCUT2D eigenvalue weighted by molar-refractivity contribution is 6.02. The summed E-state index contributed by atoms with van der Waals surface area (Å²) in [6.07, 6.45) is 7.92. The summed E-state index contributed by atoms with van der Waals surface area (Å²) in [5.41, 5.74) is 4.90. The zero-order valence-electron chi connectivity index (χ0n) is 20.5. The summed E-state index contributed by atoms with van der Waals surface area (Å²) in [7, 11) is 0. The number of carbonyl (C=O) groups is 2.